The Kier molecular flexibility index (Phi) is 3.09. The Morgan fingerprint density at radius 3 is 2.83 bits per heavy atom. The molecule has 0 spiro atoms. The Bertz CT molecular complexity index is 526. The van der Waals surface area contributed by atoms with Crippen LogP contribution in [0.1, 0.15) is 49.5 Å². The first-order valence-corrected chi connectivity index (χ1v) is 6.69. The average molecular weight is 242 g/mol. The fraction of sp³-hybridized carbons (Fsp3) is 0.500. The van der Waals surface area contributed by atoms with Crippen LogP contribution in [0.4, 0.5) is 0 Å². The van der Waals surface area contributed by atoms with Crippen LogP contribution in [0.3, 0.4) is 0 Å². The van der Waals surface area contributed by atoms with Gasteiger partial charge in [0, 0.05) is 23.4 Å². The SMILES string of the molecule is Cc1ncccc1-c1n[nH]c(C2CCCCC2)n1. The van der Waals surface area contributed by atoms with Crippen LogP contribution in [-0.2, 0) is 0 Å². The Morgan fingerprint density at radius 1 is 1.22 bits per heavy atom. The zero-order chi connectivity index (χ0) is 12.4. The maximum Gasteiger partial charge on any atom is 0.182 e. The van der Waals surface area contributed by atoms with Crippen LogP contribution >= 0.6 is 0 Å². The van der Waals surface area contributed by atoms with Gasteiger partial charge in [0.15, 0.2) is 5.82 Å². The van der Waals surface area contributed by atoms with Crippen molar-refractivity contribution in [3.05, 3.63) is 29.8 Å². The van der Waals surface area contributed by atoms with Crippen molar-refractivity contribution in [3.8, 4) is 11.4 Å². The van der Waals surface area contributed by atoms with Gasteiger partial charge in [-0.1, -0.05) is 19.3 Å². The molecule has 1 aliphatic rings. The lowest BCUT2D eigenvalue weighted by molar-refractivity contribution is 0.429. The predicted octanol–water partition coefficient (Wildman–Crippen LogP) is 3.22. The molecular formula is C14H18N4. The van der Waals surface area contributed by atoms with Gasteiger partial charge < -0.3 is 0 Å². The fourth-order valence-electron chi connectivity index (χ4n) is 2.67. The summed E-state index contributed by atoms with van der Waals surface area (Å²) in [6.07, 6.45) is 8.26. The van der Waals surface area contributed by atoms with Gasteiger partial charge in [-0.15, -0.1) is 0 Å². The van der Waals surface area contributed by atoms with Crippen molar-refractivity contribution in [3.63, 3.8) is 0 Å². The maximum atomic E-state index is 4.66. The molecule has 2 aromatic heterocycles. The number of H-pyrrole nitrogens is 1. The standard InChI is InChI=1S/C14H18N4/c1-10-12(8-5-9-15-10)14-16-13(17-18-14)11-6-3-2-4-7-11/h5,8-9,11H,2-4,6-7H2,1H3,(H,16,17,18). The number of pyridine rings is 1. The summed E-state index contributed by atoms with van der Waals surface area (Å²) in [7, 11) is 0. The minimum absolute atomic E-state index is 0.567. The van der Waals surface area contributed by atoms with Gasteiger partial charge >= 0.3 is 0 Å². The summed E-state index contributed by atoms with van der Waals surface area (Å²) in [5.74, 6) is 2.39. The van der Waals surface area contributed by atoms with E-state index in [1.54, 1.807) is 6.20 Å². The van der Waals surface area contributed by atoms with E-state index in [4.69, 9.17) is 0 Å². The number of aryl methyl sites for hydroxylation is 1. The van der Waals surface area contributed by atoms with Crippen molar-refractivity contribution in [1.29, 1.82) is 0 Å². The van der Waals surface area contributed by atoms with Gasteiger partial charge in [-0.3, -0.25) is 10.1 Å². The summed E-state index contributed by atoms with van der Waals surface area (Å²) >= 11 is 0. The molecule has 0 amide bonds. The molecule has 0 aliphatic heterocycles. The summed E-state index contributed by atoms with van der Waals surface area (Å²) in [5.41, 5.74) is 2.00. The minimum Gasteiger partial charge on any atom is -0.262 e. The Labute approximate surface area is 107 Å². The molecule has 0 radical (unpaired) electrons. The summed E-state index contributed by atoms with van der Waals surface area (Å²) < 4.78 is 0. The summed E-state index contributed by atoms with van der Waals surface area (Å²) in [6.45, 7) is 1.99. The monoisotopic (exact) mass is 242 g/mol. The van der Waals surface area contributed by atoms with E-state index in [9.17, 15) is 0 Å². The molecule has 1 aliphatic carbocycles. The van der Waals surface area contributed by atoms with E-state index < -0.39 is 0 Å². The molecule has 1 saturated carbocycles. The quantitative estimate of drug-likeness (QED) is 0.879. The van der Waals surface area contributed by atoms with E-state index >= 15 is 0 Å². The van der Waals surface area contributed by atoms with E-state index in [0.29, 0.717) is 5.92 Å². The minimum atomic E-state index is 0.567. The van der Waals surface area contributed by atoms with Gasteiger partial charge in [-0.25, -0.2) is 4.98 Å². The number of hydrogen-bond donors (Lipinski definition) is 1. The van der Waals surface area contributed by atoms with Gasteiger partial charge in [0.05, 0.1) is 0 Å². The molecule has 4 nitrogen and oxygen atoms in total. The van der Waals surface area contributed by atoms with Crippen LogP contribution in [0.2, 0.25) is 0 Å². The van der Waals surface area contributed by atoms with Crippen LogP contribution in [0.25, 0.3) is 11.4 Å². The van der Waals surface area contributed by atoms with Crippen molar-refractivity contribution in [1.82, 2.24) is 20.2 Å². The lowest BCUT2D eigenvalue weighted by Gasteiger charge is -2.18. The van der Waals surface area contributed by atoms with E-state index in [2.05, 4.69) is 20.2 Å². The third kappa shape index (κ3) is 2.15. The summed E-state index contributed by atoms with van der Waals surface area (Å²) in [4.78, 5) is 8.94. The van der Waals surface area contributed by atoms with E-state index in [0.717, 1.165) is 22.9 Å². The fourth-order valence-corrected chi connectivity index (χ4v) is 2.67. The largest absolute Gasteiger partial charge is 0.262 e. The van der Waals surface area contributed by atoms with Gasteiger partial charge in [0.2, 0.25) is 0 Å². The molecule has 0 aromatic carbocycles. The molecule has 3 rings (SSSR count). The van der Waals surface area contributed by atoms with Gasteiger partial charge in [-0.2, -0.15) is 5.10 Å². The van der Waals surface area contributed by atoms with E-state index in [-0.39, 0.29) is 0 Å². The molecule has 0 atom stereocenters. The number of hydrogen-bond acceptors (Lipinski definition) is 3. The lowest BCUT2D eigenvalue weighted by Crippen LogP contribution is -2.06. The second-order valence-electron chi connectivity index (χ2n) is 5.02. The number of aromatic amines is 1. The average Bonchev–Trinajstić information content (AvgIpc) is 2.90. The normalized spacial score (nSPS) is 16.9. The highest BCUT2D eigenvalue weighted by atomic mass is 15.2. The first-order valence-electron chi connectivity index (χ1n) is 6.69. The Hall–Kier alpha value is -1.71. The molecule has 4 heteroatoms. The van der Waals surface area contributed by atoms with Crippen molar-refractivity contribution in [2.45, 2.75) is 44.9 Å². The van der Waals surface area contributed by atoms with Gasteiger partial charge in [-0.05, 0) is 31.9 Å². The molecule has 94 valence electrons. The molecule has 0 bridgehead atoms. The summed E-state index contributed by atoms with van der Waals surface area (Å²) in [6, 6.07) is 3.95. The molecule has 2 aromatic rings. The van der Waals surface area contributed by atoms with E-state index in [1.165, 1.54) is 32.1 Å². The molecule has 1 fully saturated rings. The molecule has 2 heterocycles. The highest BCUT2D eigenvalue weighted by Crippen LogP contribution is 2.31. The third-order valence-corrected chi connectivity index (χ3v) is 3.74. The summed E-state index contributed by atoms with van der Waals surface area (Å²) in [5, 5.41) is 7.46. The van der Waals surface area contributed by atoms with Gasteiger partial charge in [0.1, 0.15) is 5.82 Å². The first-order chi connectivity index (χ1) is 8.84. The number of nitrogens with one attached hydrogen (secondary N) is 1. The molecule has 0 saturated heterocycles. The van der Waals surface area contributed by atoms with Crippen molar-refractivity contribution < 1.29 is 0 Å². The number of rotatable bonds is 2. The number of aromatic nitrogens is 4. The van der Waals surface area contributed by atoms with Crippen LogP contribution in [-0.4, -0.2) is 20.2 Å². The smallest absolute Gasteiger partial charge is 0.182 e. The van der Waals surface area contributed by atoms with E-state index in [1.807, 2.05) is 19.1 Å². The third-order valence-electron chi connectivity index (χ3n) is 3.74. The zero-order valence-electron chi connectivity index (χ0n) is 10.7. The van der Waals surface area contributed by atoms with Crippen molar-refractivity contribution >= 4 is 0 Å². The molecule has 0 unspecified atom stereocenters. The maximum absolute atomic E-state index is 4.66. The topological polar surface area (TPSA) is 54.5 Å². The second-order valence-corrected chi connectivity index (χ2v) is 5.02. The van der Waals surface area contributed by atoms with Crippen LogP contribution in [0, 0.1) is 6.92 Å². The molecule has 1 N–H and O–H groups in total. The highest BCUT2D eigenvalue weighted by molar-refractivity contribution is 5.57. The lowest BCUT2D eigenvalue weighted by atomic mass is 9.89. The van der Waals surface area contributed by atoms with Crippen LogP contribution in [0.15, 0.2) is 18.3 Å². The second kappa shape index (κ2) is 4.88. The molecular weight excluding hydrogens is 224 g/mol. The predicted molar refractivity (Wildman–Crippen MR) is 70.2 cm³/mol. The Morgan fingerprint density at radius 2 is 2.06 bits per heavy atom. The highest BCUT2D eigenvalue weighted by Gasteiger charge is 2.19. The van der Waals surface area contributed by atoms with Crippen LogP contribution < -0.4 is 0 Å². The zero-order valence-corrected chi connectivity index (χ0v) is 10.7. The Balaban J connectivity index is 1.87. The van der Waals surface area contributed by atoms with Crippen LogP contribution in [0.5, 0.6) is 0 Å². The number of nitrogens with zero attached hydrogens (tertiary/aromatic N) is 3. The van der Waals surface area contributed by atoms with Crippen molar-refractivity contribution in [2.75, 3.05) is 0 Å². The van der Waals surface area contributed by atoms with Crippen molar-refractivity contribution in [2.24, 2.45) is 0 Å². The molecule has 18 heavy (non-hydrogen) atoms. The first kappa shape index (κ1) is 11.4. The van der Waals surface area contributed by atoms with Gasteiger partial charge in [0.25, 0.3) is 0 Å².